The molecule has 1 amide bonds. The molecule has 0 aromatic heterocycles. The molecule has 3 aromatic rings. The van der Waals surface area contributed by atoms with Crippen LogP contribution in [0.1, 0.15) is 64.4 Å². The number of nitrogens with one attached hydrogen (secondary N) is 3. The fourth-order valence-corrected chi connectivity index (χ4v) is 7.03. The highest BCUT2D eigenvalue weighted by atomic mass is 32.1. The smallest absolute Gasteiger partial charge is 0.508 e. The van der Waals surface area contributed by atoms with Crippen molar-refractivity contribution in [2.75, 3.05) is 38.2 Å². The number of esters is 1. The largest absolute Gasteiger partial charge is 0.513 e. The number of benzene rings is 3. The molecule has 1 aliphatic carbocycles. The van der Waals surface area contributed by atoms with Crippen LogP contribution in [0.5, 0.6) is 17.2 Å². The third-order valence-electron chi connectivity index (χ3n) is 9.60. The number of phenolic OH excluding ortho intramolecular Hbond substituents is 1. The molecular formula is C38H42N4O11S. The maximum absolute atomic E-state index is 13.2. The molecule has 6 rings (SSSR count). The van der Waals surface area contributed by atoms with Gasteiger partial charge in [-0.25, -0.2) is 9.59 Å². The number of Topliss-reactive ketones (excluding diaryl/α,β-unsaturated/α-hetero) is 1. The number of aliphatic hydroxyl groups excluding tert-OH is 1. The molecule has 1 spiro atoms. The standard InChI is InChI=1S/C38H42N4O11S/c1-21(43)29(39)4-2-3-13-40-34(46)22-5-9-25(10-6-22)51-37(48)50-17-16-49-15-14-41-36(54)42-23-7-11-27-26(18-23)35(47)53-38(27)28-12-8-24(44)19-31(28)52-32-20-30(45)33(32)38/h5-12,18-19,29-30,32-33,44-45H,2-4,13-17,20,39H2,1H3,(H,40,46)(H2,41,42,54)/t29-,30?,32?,33+,38+/m0/s1. The van der Waals surface area contributed by atoms with Gasteiger partial charge in [0.25, 0.3) is 5.91 Å². The van der Waals surface area contributed by atoms with Gasteiger partial charge in [-0.05, 0) is 86.9 Å². The zero-order valence-electron chi connectivity index (χ0n) is 29.5. The molecular weight excluding hydrogens is 721 g/mol. The average Bonchev–Trinajstić information content (AvgIpc) is 3.40. The van der Waals surface area contributed by atoms with E-state index in [-0.39, 0.29) is 54.2 Å². The second kappa shape index (κ2) is 16.8. The number of rotatable bonds is 15. The molecule has 16 heteroatoms. The molecule has 15 nitrogen and oxygen atoms in total. The first-order valence-corrected chi connectivity index (χ1v) is 18.0. The van der Waals surface area contributed by atoms with Gasteiger partial charge in [-0.3, -0.25) is 9.59 Å². The highest BCUT2D eigenvalue weighted by Gasteiger charge is 2.65. The number of amides is 1. The topological polar surface area (TPSA) is 217 Å². The summed E-state index contributed by atoms with van der Waals surface area (Å²) >= 11 is 5.41. The fourth-order valence-electron chi connectivity index (χ4n) is 6.81. The molecule has 3 aromatic carbocycles. The lowest BCUT2D eigenvalue weighted by Gasteiger charge is -2.53. The number of anilines is 1. The van der Waals surface area contributed by atoms with Crippen molar-refractivity contribution >= 4 is 46.8 Å². The Morgan fingerprint density at radius 2 is 1.78 bits per heavy atom. The predicted molar refractivity (Wildman–Crippen MR) is 198 cm³/mol. The average molecular weight is 763 g/mol. The van der Waals surface area contributed by atoms with Crippen molar-refractivity contribution in [1.82, 2.24) is 10.6 Å². The number of unbranched alkanes of at least 4 members (excludes halogenated alkanes) is 1. The van der Waals surface area contributed by atoms with Crippen LogP contribution >= 0.6 is 12.2 Å². The first-order valence-electron chi connectivity index (χ1n) is 17.6. The van der Waals surface area contributed by atoms with Crippen LogP contribution in [0.15, 0.2) is 60.7 Å². The number of ketones is 1. The molecule has 1 fully saturated rings. The van der Waals surface area contributed by atoms with Crippen LogP contribution in [0.4, 0.5) is 10.5 Å². The maximum atomic E-state index is 13.2. The number of carbonyl (C=O) groups excluding carboxylic acids is 4. The summed E-state index contributed by atoms with van der Waals surface area (Å²) in [5, 5.41) is 29.9. The van der Waals surface area contributed by atoms with E-state index in [0.717, 1.165) is 6.42 Å². The van der Waals surface area contributed by atoms with E-state index in [1.54, 1.807) is 24.3 Å². The van der Waals surface area contributed by atoms with E-state index in [9.17, 15) is 29.4 Å². The Morgan fingerprint density at radius 3 is 2.54 bits per heavy atom. The van der Waals surface area contributed by atoms with E-state index >= 15 is 0 Å². The van der Waals surface area contributed by atoms with Crippen molar-refractivity contribution < 1.29 is 53.1 Å². The number of aromatic hydroxyl groups is 1. The van der Waals surface area contributed by atoms with Crippen molar-refractivity contribution in [3.05, 3.63) is 82.9 Å². The van der Waals surface area contributed by atoms with Crippen LogP contribution in [0.2, 0.25) is 0 Å². The highest BCUT2D eigenvalue weighted by Crippen LogP contribution is 2.60. The van der Waals surface area contributed by atoms with Gasteiger partial charge < -0.3 is 55.6 Å². The van der Waals surface area contributed by atoms with Gasteiger partial charge in [0.15, 0.2) is 10.7 Å². The van der Waals surface area contributed by atoms with Crippen LogP contribution in [0.25, 0.3) is 0 Å². The molecule has 2 unspecified atom stereocenters. The molecule has 54 heavy (non-hydrogen) atoms. The van der Waals surface area contributed by atoms with Gasteiger partial charge in [0.05, 0.1) is 36.8 Å². The molecule has 0 saturated heterocycles. The van der Waals surface area contributed by atoms with Crippen molar-refractivity contribution in [3.8, 4) is 17.2 Å². The lowest BCUT2D eigenvalue weighted by molar-refractivity contribution is -0.175. The van der Waals surface area contributed by atoms with Gasteiger partial charge in [-0.15, -0.1) is 0 Å². The summed E-state index contributed by atoms with van der Waals surface area (Å²) in [5.74, 6) is -0.721. The Hall–Kier alpha value is -5.29. The monoisotopic (exact) mass is 762 g/mol. The van der Waals surface area contributed by atoms with Crippen molar-refractivity contribution in [3.63, 3.8) is 0 Å². The lowest BCUT2D eigenvalue weighted by atomic mass is 9.61. The Labute approximate surface area is 316 Å². The van der Waals surface area contributed by atoms with E-state index < -0.39 is 35.8 Å². The van der Waals surface area contributed by atoms with Crippen LogP contribution in [0, 0.1) is 5.92 Å². The molecule has 286 valence electrons. The van der Waals surface area contributed by atoms with Gasteiger partial charge in [0.2, 0.25) is 0 Å². The second-order valence-corrected chi connectivity index (χ2v) is 13.6. The number of phenols is 1. The van der Waals surface area contributed by atoms with Crippen LogP contribution in [-0.4, -0.2) is 90.3 Å². The third-order valence-corrected chi connectivity index (χ3v) is 9.85. The van der Waals surface area contributed by atoms with E-state index in [2.05, 4.69) is 16.0 Å². The second-order valence-electron chi connectivity index (χ2n) is 13.2. The minimum Gasteiger partial charge on any atom is -0.508 e. The summed E-state index contributed by atoms with van der Waals surface area (Å²) in [4.78, 5) is 48.8. The van der Waals surface area contributed by atoms with Crippen molar-refractivity contribution in [2.45, 2.75) is 56.5 Å². The maximum Gasteiger partial charge on any atom is 0.513 e. The van der Waals surface area contributed by atoms with E-state index in [1.165, 1.54) is 43.3 Å². The molecule has 1 saturated carbocycles. The number of carbonyl (C=O) groups is 4. The molecule has 2 aliphatic heterocycles. The first-order chi connectivity index (χ1) is 26.0. The normalized spacial score (nSPS) is 20.9. The number of aliphatic hydroxyl groups is 1. The van der Waals surface area contributed by atoms with Crippen LogP contribution < -0.4 is 31.2 Å². The summed E-state index contributed by atoms with van der Waals surface area (Å²) in [5.41, 5.74) is 6.92. The molecule has 0 bridgehead atoms. The van der Waals surface area contributed by atoms with Crippen LogP contribution in [-0.2, 0) is 24.6 Å². The van der Waals surface area contributed by atoms with Crippen molar-refractivity contribution in [1.29, 1.82) is 0 Å². The Bertz CT molecular complexity index is 1910. The van der Waals surface area contributed by atoms with Crippen LogP contribution in [0.3, 0.4) is 0 Å². The van der Waals surface area contributed by atoms with E-state index in [4.69, 9.17) is 41.6 Å². The third kappa shape index (κ3) is 8.41. The number of hydrogen-bond acceptors (Lipinski definition) is 13. The lowest BCUT2D eigenvalue weighted by Crippen LogP contribution is -2.62. The number of nitrogens with two attached hydrogens (primary N) is 1. The summed E-state index contributed by atoms with van der Waals surface area (Å²) in [6, 6.07) is 15.4. The van der Waals surface area contributed by atoms with Crippen molar-refractivity contribution in [2.24, 2.45) is 11.7 Å². The van der Waals surface area contributed by atoms with Gasteiger partial charge in [0.1, 0.15) is 35.7 Å². The minimum atomic E-state index is -1.24. The van der Waals surface area contributed by atoms with E-state index in [0.29, 0.717) is 66.0 Å². The minimum absolute atomic E-state index is 0.0218. The molecule has 7 N–H and O–H groups in total. The Kier molecular flexibility index (Phi) is 12.0. The number of thiocarbonyl (C=S) groups is 1. The zero-order valence-corrected chi connectivity index (χ0v) is 30.3. The predicted octanol–water partition coefficient (Wildman–Crippen LogP) is 3.28. The molecule has 2 heterocycles. The number of hydrogen-bond donors (Lipinski definition) is 6. The quantitative estimate of drug-likeness (QED) is 0.0567. The first kappa shape index (κ1) is 38.4. The van der Waals surface area contributed by atoms with E-state index in [1.807, 2.05) is 0 Å². The van der Waals surface area contributed by atoms with Gasteiger partial charge in [-0.1, -0.05) is 6.07 Å². The molecule has 5 atom stereocenters. The zero-order chi connectivity index (χ0) is 38.4. The number of fused-ring (bicyclic) bond motifs is 6. The Balaban J connectivity index is 0.878. The summed E-state index contributed by atoms with van der Waals surface area (Å²) in [6.07, 6.45) is 0.357. The van der Waals surface area contributed by atoms with Gasteiger partial charge in [0, 0.05) is 48.0 Å². The SMILES string of the molecule is CC(=O)[C@@H](N)CCCCNC(=O)c1ccc(OC(=O)OCCOCCNC(=S)Nc2ccc3c(c2)C(=O)O[C@@]32c3ccc(O)cc3OC3CC(O)[C@H]32)cc1. The molecule has 3 aliphatic rings. The highest BCUT2D eigenvalue weighted by molar-refractivity contribution is 7.80. The molecule has 0 radical (unpaired) electrons. The fraction of sp³-hybridized carbons (Fsp3) is 0.395. The summed E-state index contributed by atoms with van der Waals surface area (Å²) < 4.78 is 27.8. The van der Waals surface area contributed by atoms with Gasteiger partial charge in [-0.2, -0.15) is 0 Å². The Morgan fingerprint density at radius 1 is 1.00 bits per heavy atom. The number of ether oxygens (including phenoxy) is 5. The van der Waals surface area contributed by atoms with Gasteiger partial charge >= 0.3 is 12.1 Å². The summed E-state index contributed by atoms with van der Waals surface area (Å²) in [6.45, 7) is 2.54. The summed E-state index contributed by atoms with van der Waals surface area (Å²) in [7, 11) is 0.